The number of methoxy groups -OCH3 is 1. The van der Waals surface area contributed by atoms with Crippen LogP contribution >= 0.6 is 0 Å². The minimum atomic E-state index is 0.0413. The Morgan fingerprint density at radius 1 is 1.21 bits per heavy atom. The van der Waals surface area contributed by atoms with Crippen LogP contribution < -0.4 is 4.74 Å². The summed E-state index contributed by atoms with van der Waals surface area (Å²) in [4.78, 5) is 16.7. The molecule has 7 nitrogen and oxygen atoms in total. The number of aryl methyl sites for hydroxylation is 1. The van der Waals surface area contributed by atoms with Crippen molar-refractivity contribution < 1.29 is 13.9 Å². The van der Waals surface area contributed by atoms with E-state index >= 15 is 0 Å². The fraction of sp³-hybridized carbons (Fsp3) is 0.471. The van der Waals surface area contributed by atoms with E-state index < -0.39 is 0 Å². The SMILES string of the molecule is CCc1nnc(CN2CCN(C(=O)c3cccc(OC)c3)CC2)o1. The lowest BCUT2D eigenvalue weighted by Gasteiger charge is -2.34. The Labute approximate surface area is 141 Å². The number of hydrogen-bond acceptors (Lipinski definition) is 6. The van der Waals surface area contributed by atoms with Gasteiger partial charge in [0.25, 0.3) is 5.91 Å². The third kappa shape index (κ3) is 3.73. The lowest BCUT2D eigenvalue weighted by molar-refractivity contribution is 0.0617. The zero-order chi connectivity index (χ0) is 16.9. The van der Waals surface area contributed by atoms with E-state index in [4.69, 9.17) is 9.15 Å². The molecule has 128 valence electrons. The molecule has 0 atom stereocenters. The lowest BCUT2D eigenvalue weighted by atomic mass is 10.1. The van der Waals surface area contributed by atoms with Gasteiger partial charge in [-0.15, -0.1) is 10.2 Å². The van der Waals surface area contributed by atoms with Gasteiger partial charge in [0.15, 0.2) is 0 Å². The normalized spacial score (nSPS) is 15.5. The molecule has 0 spiro atoms. The smallest absolute Gasteiger partial charge is 0.254 e. The van der Waals surface area contributed by atoms with Crippen molar-refractivity contribution >= 4 is 5.91 Å². The van der Waals surface area contributed by atoms with E-state index in [1.807, 2.05) is 30.0 Å². The van der Waals surface area contributed by atoms with Crippen molar-refractivity contribution in [2.75, 3.05) is 33.3 Å². The molecule has 1 amide bonds. The summed E-state index contributed by atoms with van der Waals surface area (Å²) >= 11 is 0. The number of ether oxygens (including phenoxy) is 1. The Bertz CT molecular complexity index is 693. The molecule has 0 N–H and O–H groups in total. The van der Waals surface area contributed by atoms with Gasteiger partial charge in [-0.3, -0.25) is 9.69 Å². The lowest BCUT2D eigenvalue weighted by Crippen LogP contribution is -2.48. The van der Waals surface area contributed by atoms with Crippen molar-refractivity contribution in [1.29, 1.82) is 0 Å². The molecule has 2 heterocycles. The van der Waals surface area contributed by atoms with Crippen molar-refractivity contribution in [3.8, 4) is 5.75 Å². The van der Waals surface area contributed by atoms with Crippen LogP contribution in [0, 0.1) is 0 Å². The monoisotopic (exact) mass is 330 g/mol. The third-order valence-corrected chi connectivity index (χ3v) is 4.15. The second-order valence-corrected chi connectivity index (χ2v) is 5.74. The summed E-state index contributed by atoms with van der Waals surface area (Å²) in [7, 11) is 1.60. The van der Waals surface area contributed by atoms with Crippen LogP contribution in [0.25, 0.3) is 0 Å². The number of piperazine rings is 1. The molecule has 1 aromatic carbocycles. The van der Waals surface area contributed by atoms with Crippen LogP contribution in [0.1, 0.15) is 29.1 Å². The number of aromatic nitrogens is 2. The molecule has 1 fully saturated rings. The van der Waals surface area contributed by atoms with Crippen molar-refractivity contribution in [3.63, 3.8) is 0 Å². The van der Waals surface area contributed by atoms with Crippen LogP contribution in [0.15, 0.2) is 28.7 Å². The molecule has 1 aromatic heterocycles. The summed E-state index contributed by atoms with van der Waals surface area (Å²) in [5.74, 6) is 2.04. The fourth-order valence-corrected chi connectivity index (χ4v) is 2.73. The molecule has 1 aliphatic heterocycles. The second-order valence-electron chi connectivity index (χ2n) is 5.74. The van der Waals surface area contributed by atoms with Crippen molar-refractivity contribution in [2.45, 2.75) is 19.9 Å². The van der Waals surface area contributed by atoms with Gasteiger partial charge in [-0.2, -0.15) is 0 Å². The maximum absolute atomic E-state index is 12.6. The van der Waals surface area contributed by atoms with E-state index in [-0.39, 0.29) is 5.91 Å². The molecular formula is C17H22N4O3. The highest BCUT2D eigenvalue weighted by Gasteiger charge is 2.23. The van der Waals surface area contributed by atoms with E-state index in [1.54, 1.807) is 13.2 Å². The Hall–Kier alpha value is -2.41. The average molecular weight is 330 g/mol. The predicted molar refractivity (Wildman–Crippen MR) is 87.9 cm³/mol. The zero-order valence-corrected chi connectivity index (χ0v) is 14.1. The highest BCUT2D eigenvalue weighted by atomic mass is 16.5. The van der Waals surface area contributed by atoms with Gasteiger partial charge >= 0.3 is 0 Å². The summed E-state index contributed by atoms with van der Waals surface area (Å²) < 4.78 is 10.7. The van der Waals surface area contributed by atoms with Crippen molar-refractivity contribution in [1.82, 2.24) is 20.0 Å². The summed E-state index contributed by atoms with van der Waals surface area (Å²) in [5, 5.41) is 8.03. The fourth-order valence-electron chi connectivity index (χ4n) is 2.73. The number of carbonyl (C=O) groups excluding carboxylic acids is 1. The second kappa shape index (κ2) is 7.44. The van der Waals surface area contributed by atoms with Crippen molar-refractivity contribution in [2.24, 2.45) is 0 Å². The molecule has 0 unspecified atom stereocenters. The standard InChI is InChI=1S/C17H22N4O3/c1-3-15-18-19-16(24-15)12-20-7-9-21(10-8-20)17(22)13-5-4-6-14(11-13)23-2/h4-6,11H,3,7-10,12H2,1-2H3. The highest BCUT2D eigenvalue weighted by Crippen LogP contribution is 2.16. The largest absolute Gasteiger partial charge is 0.497 e. The number of carbonyl (C=O) groups is 1. The molecule has 1 saturated heterocycles. The topological polar surface area (TPSA) is 71.7 Å². The Morgan fingerprint density at radius 2 is 1.96 bits per heavy atom. The molecule has 2 aromatic rings. The van der Waals surface area contributed by atoms with Crippen LogP contribution in [-0.2, 0) is 13.0 Å². The van der Waals surface area contributed by atoms with E-state index in [1.165, 1.54) is 0 Å². The van der Waals surface area contributed by atoms with E-state index in [2.05, 4.69) is 15.1 Å². The summed E-state index contributed by atoms with van der Waals surface area (Å²) in [6.45, 7) is 5.57. The average Bonchev–Trinajstić information content (AvgIpc) is 3.09. The first kappa shape index (κ1) is 16.4. The van der Waals surface area contributed by atoms with Crippen LogP contribution in [0.5, 0.6) is 5.75 Å². The Balaban J connectivity index is 1.55. The third-order valence-electron chi connectivity index (χ3n) is 4.15. The van der Waals surface area contributed by atoms with Crippen molar-refractivity contribution in [3.05, 3.63) is 41.6 Å². The maximum Gasteiger partial charge on any atom is 0.254 e. The van der Waals surface area contributed by atoms with E-state index in [9.17, 15) is 4.79 Å². The molecule has 0 saturated carbocycles. The zero-order valence-electron chi connectivity index (χ0n) is 14.1. The minimum absolute atomic E-state index is 0.0413. The summed E-state index contributed by atoms with van der Waals surface area (Å²) in [6, 6.07) is 7.27. The first-order chi connectivity index (χ1) is 11.7. The summed E-state index contributed by atoms with van der Waals surface area (Å²) in [5.41, 5.74) is 0.660. The Morgan fingerprint density at radius 3 is 2.62 bits per heavy atom. The highest BCUT2D eigenvalue weighted by molar-refractivity contribution is 5.94. The van der Waals surface area contributed by atoms with Gasteiger partial charge in [-0.25, -0.2) is 0 Å². The van der Waals surface area contributed by atoms with Gasteiger partial charge in [0, 0.05) is 38.2 Å². The molecule has 3 rings (SSSR count). The molecular weight excluding hydrogens is 308 g/mol. The van der Waals surface area contributed by atoms with Crippen LogP contribution in [0.3, 0.4) is 0 Å². The van der Waals surface area contributed by atoms with E-state index in [0.29, 0.717) is 42.7 Å². The van der Waals surface area contributed by atoms with Crippen LogP contribution in [0.4, 0.5) is 0 Å². The first-order valence-corrected chi connectivity index (χ1v) is 8.16. The van der Waals surface area contributed by atoms with Crippen LogP contribution in [-0.4, -0.2) is 59.2 Å². The maximum atomic E-state index is 12.6. The van der Waals surface area contributed by atoms with Crippen LogP contribution in [0.2, 0.25) is 0 Å². The molecule has 7 heteroatoms. The number of nitrogens with zero attached hydrogens (tertiary/aromatic N) is 4. The molecule has 0 aliphatic carbocycles. The number of hydrogen-bond donors (Lipinski definition) is 0. The number of amides is 1. The molecule has 24 heavy (non-hydrogen) atoms. The Kier molecular flexibility index (Phi) is 5.10. The van der Waals surface area contributed by atoms with Gasteiger partial charge in [-0.1, -0.05) is 13.0 Å². The van der Waals surface area contributed by atoms with Gasteiger partial charge in [0.05, 0.1) is 13.7 Å². The van der Waals surface area contributed by atoms with E-state index in [0.717, 1.165) is 19.5 Å². The molecule has 1 aliphatic rings. The minimum Gasteiger partial charge on any atom is -0.497 e. The first-order valence-electron chi connectivity index (χ1n) is 8.16. The molecule has 0 bridgehead atoms. The van der Waals surface area contributed by atoms with Gasteiger partial charge < -0.3 is 14.1 Å². The van der Waals surface area contributed by atoms with Gasteiger partial charge in [0.2, 0.25) is 11.8 Å². The summed E-state index contributed by atoms with van der Waals surface area (Å²) in [6.07, 6.45) is 0.746. The quantitative estimate of drug-likeness (QED) is 0.829. The molecule has 0 radical (unpaired) electrons. The van der Waals surface area contributed by atoms with Gasteiger partial charge in [-0.05, 0) is 18.2 Å². The predicted octanol–water partition coefficient (Wildman–Crippen LogP) is 1.60. The number of rotatable bonds is 5. The van der Waals surface area contributed by atoms with Gasteiger partial charge in [0.1, 0.15) is 5.75 Å². The number of benzene rings is 1.